The highest BCUT2D eigenvalue weighted by Crippen LogP contribution is 2.25. The Morgan fingerprint density at radius 1 is 1.59 bits per heavy atom. The molecule has 0 bridgehead atoms. The van der Waals surface area contributed by atoms with Crippen molar-refractivity contribution in [3.63, 3.8) is 0 Å². The minimum absolute atomic E-state index is 0. The van der Waals surface area contributed by atoms with E-state index >= 15 is 0 Å². The Bertz CT molecular complexity index is 351. The summed E-state index contributed by atoms with van der Waals surface area (Å²) in [6.07, 6.45) is 3.52. The maximum absolute atomic E-state index is 5.83. The van der Waals surface area contributed by atoms with Crippen LogP contribution in [-0.4, -0.2) is 18.5 Å². The van der Waals surface area contributed by atoms with E-state index in [0.29, 0.717) is 12.0 Å². The van der Waals surface area contributed by atoms with Crippen LogP contribution in [0, 0.1) is 5.92 Å². The second-order valence-corrected chi connectivity index (χ2v) is 5.43. The highest BCUT2D eigenvalue weighted by molar-refractivity contribution is 14.0. The molecule has 0 saturated heterocycles. The first-order chi connectivity index (χ1) is 7.75. The number of aliphatic imine (C=N–C) groups is 1. The van der Waals surface area contributed by atoms with Crippen LogP contribution in [0.15, 0.2) is 22.5 Å². The molecule has 1 aromatic heterocycles. The standard InChI is InChI=1S/C12H19N3S.HI/c1-9-4-5-11(9)15-12(13)14-7-6-10-3-2-8-16-10;/h2-3,8-9,11H,4-7H2,1H3,(H3,13,14,15);1H. The van der Waals surface area contributed by atoms with Gasteiger partial charge in [0.05, 0.1) is 0 Å². The van der Waals surface area contributed by atoms with Crippen molar-refractivity contribution < 1.29 is 0 Å². The molecule has 0 amide bonds. The fraction of sp³-hybridized carbons (Fsp3) is 0.583. The highest BCUT2D eigenvalue weighted by Gasteiger charge is 2.26. The molecular formula is C12H20IN3S. The molecule has 1 aromatic rings. The Balaban J connectivity index is 0.00000144. The van der Waals surface area contributed by atoms with Gasteiger partial charge in [-0.15, -0.1) is 35.3 Å². The molecule has 5 heteroatoms. The van der Waals surface area contributed by atoms with Gasteiger partial charge >= 0.3 is 0 Å². The Labute approximate surface area is 124 Å². The number of rotatable bonds is 4. The second-order valence-electron chi connectivity index (χ2n) is 4.40. The third-order valence-corrected chi connectivity index (χ3v) is 4.11. The summed E-state index contributed by atoms with van der Waals surface area (Å²) in [4.78, 5) is 5.71. The van der Waals surface area contributed by atoms with Crippen LogP contribution in [0.5, 0.6) is 0 Å². The molecule has 1 heterocycles. The zero-order valence-corrected chi connectivity index (χ0v) is 13.2. The number of halogens is 1. The summed E-state index contributed by atoms with van der Waals surface area (Å²) in [5, 5.41) is 5.37. The van der Waals surface area contributed by atoms with Crippen molar-refractivity contribution >= 4 is 41.3 Å². The molecule has 1 fully saturated rings. The second kappa shape index (κ2) is 7.20. The molecule has 1 aliphatic rings. The summed E-state index contributed by atoms with van der Waals surface area (Å²) >= 11 is 1.77. The molecule has 2 atom stereocenters. The average molecular weight is 365 g/mol. The van der Waals surface area contributed by atoms with Crippen molar-refractivity contribution in [3.8, 4) is 0 Å². The molecule has 17 heavy (non-hydrogen) atoms. The summed E-state index contributed by atoms with van der Waals surface area (Å²) in [6.45, 7) is 3.03. The molecule has 0 aromatic carbocycles. The van der Waals surface area contributed by atoms with E-state index in [2.05, 4.69) is 34.7 Å². The lowest BCUT2D eigenvalue weighted by Crippen LogP contribution is -2.48. The van der Waals surface area contributed by atoms with Gasteiger partial charge in [-0.1, -0.05) is 13.0 Å². The quantitative estimate of drug-likeness (QED) is 0.490. The van der Waals surface area contributed by atoms with Crippen molar-refractivity contribution in [1.82, 2.24) is 5.32 Å². The van der Waals surface area contributed by atoms with Gasteiger partial charge in [0, 0.05) is 23.9 Å². The minimum Gasteiger partial charge on any atom is -0.370 e. The van der Waals surface area contributed by atoms with E-state index in [1.807, 2.05) is 0 Å². The predicted octanol–water partition coefficient (Wildman–Crippen LogP) is 2.61. The number of hydrogen-bond donors (Lipinski definition) is 2. The van der Waals surface area contributed by atoms with E-state index in [1.165, 1.54) is 17.7 Å². The fourth-order valence-corrected chi connectivity index (χ4v) is 2.56. The monoisotopic (exact) mass is 365 g/mol. The van der Waals surface area contributed by atoms with Gasteiger partial charge in [-0.2, -0.15) is 0 Å². The third kappa shape index (κ3) is 4.46. The summed E-state index contributed by atoms with van der Waals surface area (Å²) in [7, 11) is 0. The third-order valence-electron chi connectivity index (χ3n) is 3.17. The van der Waals surface area contributed by atoms with Gasteiger partial charge in [-0.05, 0) is 30.2 Å². The maximum Gasteiger partial charge on any atom is 0.188 e. The summed E-state index contributed by atoms with van der Waals surface area (Å²) in [5.74, 6) is 1.35. The predicted molar refractivity (Wildman–Crippen MR) is 85.2 cm³/mol. The number of guanidine groups is 1. The normalized spacial score (nSPS) is 23.7. The zero-order chi connectivity index (χ0) is 11.4. The SMILES string of the molecule is CC1CCC1NC(N)=NCCc1cccs1.I. The van der Waals surface area contributed by atoms with Gasteiger partial charge in [0.1, 0.15) is 0 Å². The Hall–Kier alpha value is -0.300. The van der Waals surface area contributed by atoms with Gasteiger partial charge < -0.3 is 11.1 Å². The van der Waals surface area contributed by atoms with E-state index in [4.69, 9.17) is 5.73 Å². The van der Waals surface area contributed by atoms with E-state index < -0.39 is 0 Å². The van der Waals surface area contributed by atoms with Crippen LogP contribution in [0.4, 0.5) is 0 Å². The molecule has 0 spiro atoms. The minimum atomic E-state index is 0. The lowest BCUT2D eigenvalue weighted by Gasteiger charge is -2.34. The van der Waals surface area contributed by atoms with Crippen molar-refractivity contribution in [2.45, 2.75) is 32.2 Å². The van der Waals surface area contributed by atoms with Crippen molar-refractivity contribution in [2.24, 2.45) is 16.6 Å². The first-order valence-corrected chi connectivity index (χ1v) is 6.72. The first-order valence-electron chi connectivity index (χ1n) is 5.84. The molecule has 2 rings (SSSR count). The molecule has 0 aliphatic heterocycles. The number of thiophene rings is 1. The van der Waals surface area contributed by atoms with E-state index in [-0.39, 0.29) is 24.0 Å². The van der Waals surface area contributed by atoms with Crippen LogP contribution in [0.1, 0.15) is 24.6 Å². The van der Waals surface area contributed by atoms with Crippen LogP contribution < -0.4 is 11.1 Å². The lowest BCUT2D eigenvalue weighted by atomic mass is 9.81. The van der Waals surface area contributed by atoms with E-state index in [0.717, 1.165) is 18.9 Å². The molecular weight excluding hydrogens is 345 g/mol. The Morgan fingerprint density at radius 2 is 2.41 bits per heavy atom. The van der Waals surface area contributed by atoms with Crippen LogP contribution in [0.25, 0.3) is 0 Å². The molecule has 3 N–H and O–H groups in total. The van der Waals surface area contributed by atoms with Crippen molar-refractivity contribution in [1.29, 1.82) is 0 Å². The molecule has 1 saturated carbocycles. The molecule has 1 aliphatic carbocycles. The van der Waals surface area contributed by atoms with E-state index in [9.17, 15) is 0 Å². The molecule has 2 unspecified atom stereocenters. The summed E-state index contributed by atoms with van der Waals surface area (Å²) in [5.41, 5.74) is 5.83. The van der Waals surface area contributed by atoms with Gasteiger partial charge in [0.15, 0.2) is 5.96 Å². The lowest BCUT2D eigenvalue weighted by molar-refractivity contribution is 0.257. The number of nitrogens with one attached hydrogen (secondary N) is 1. The zero-order valence-electron chi connectivity index (χ0n) is 10.1. The fourth-order valence-electron chi connectivity index (χ4n) is 1.86. The summed E-state index contributed by atoms with van der Waals surface area (Å²) in [6, 6.07) is 4.75. The van der Waals surface area contributed by atoms with Gasteiger partial charge in [0.2, 0.25) is 0 Å². The Kier molecular flexibility index (Phi) is 6.26. The summed E-state index contributed by atoms with van der Waals surface area (Å²) < 4.78 is 0. The number of nitrogens with two attached hydrogens (primary N) is 1. The topological polar surface area (TPSA) is 50.4 Å². The van der Waals surface area contributed by atoms with Gasteiger partial charge in [0.25, 0.3) is 0 Å². The molecule has 3 nitrogen and oxygen atoms in total. The van der Waals surface area contributed by atoms with Gasteiger partial charge in [-0.3, -0.25) is 4.99 Å². The largest absolute Gasteiger partial charge is 0.370 e. The van der Waals surface area contributed by atoms with Crippen LogP contribution in [0.3, 0.4) is 0 Å². The maximum atomic E-state index is 5.83. The molecule has 0 radical (unpaired) electrons. The first kappa shape index (κ1) is 14.8. The Morgan fingerprint density at radius 3 is 2.94 bits per heavy atom. The average Bonchev–Trinajstić information content (AvgIpc) is 2.77. The van der Waals surface area contributed by atoms with Gasteiger partial charge in [-0.25, -0.2) is 0 Å². The smallest absolute Gasteiger partial charge is 0.188 e. The van der Waals surface area contributed by atoms with Crippen molar-refractivity contribution in [3.05, 3.63) is 22.4 Å². The van der Waals surface area contributed by atoms with Crippen LogP contribution in [0.2, 0.25) is 0 Å². The highest BCUT2D eigenvalue weighted by atomic mass is 127. The van der Waals surface area contributed by atoms with Crippen molar-refractivity contribution in [2.75, 3.05) is 6.54 Å². The van der Waals surface area contributed by atoms with Crippen LogP contribution >= 0.6 is 35.3 Å². The van der Waals surface area contributed by atoms with E-state index in [1.54, 1.807) is 11.3 Å². The number of hydrogen-bond acceptors (Lipinski definition) is 2. The number of nitrogens with zero attached hydrogens (tertiary/aromatic N) is 1. The van der Waals surface area contributed by atoms with Crippen LogP contribution in [-0.2, 0) is 6.42 Å². The molecule has 96 valence electrons.